The van der Waals surface area contributed by atoms with Crippen LogP contribution in [-0.4, -0.2) is 10.9 Å². The maximum atomic E-state index is 13.5. The molecule has 0 unspecified atom stereocenters. The highest BCUT2D eigenvalue weighted by molar-refractivity contribution is 5.97. The number of nitriles is 1. The summed E-state index contributed by atoms with van der Waals surface area (Å²) in [7, 11) is 0. The van der Waals surface area contributed by atoms with E-state index in [4.69, 9.17) is 5.26 Å². The number of para-hydroxylation sites is 1. The number of aldehydes is 1. The second kappa shape index (κ2) is 5.22. The van der Waals surface area contributed by atoms with E-state index in [0.717, 1.165) is 17.2 Å². The molecule has 0 aliphatic heterocycles. The van der Waals surface area contributed by atoms with Crippen molar-refractivity contribution in [2.75, 3.05) is 0 Å². The van der Waals surface area contributed by atoms with E-state index in [1.165, 1.54) is 12.1 Å². The molecule has 21 heavy (non-hydrogen) atoms. The average molecular weight is 278 g/mol. The van der Waals surface area contributed by atoms with Crippen LogP contribution in [0.4, 0.5) is 4.39 Å². The van der Waals surface area contributed by atoms with Gasteiger partial charge in [-0.25, -0.2) is 4.39 Å². The Labute approximate surface area is 120 Å². The van der Waals surface area contributed by atoms with Gasteiger partial charge in [-0.3, -0.25) is 4.79 Å². The Balaban J connectivity index is 2.08. The first-order valence-electron chi connectivity index (χ1n) is 6.44. The molecule has 0 aliphatic rings. The number of halogens is 1. The summed E-state index contributed by atoms with van der Waals surface area (Å²) >= 11 is 0. The molecular weight excluding hydrogens is 267 g/mol. The minimum Gasteiger partial charge on any atom is -0.342 e. The van der Waals surface area contributed by atoms with E-state index < -0.39 is 5.82 Å². The van der Waals surface area contributed by atoms with Gasteiger partial charge >= 0.3 is 0 Å². The smallest absolute Gasteiger partial charge is 0.152 e. The fourth-order valence-corrected chi connectivity index (χ4v) is 2.50. The molecule has 0 aliphatic carbocycles. The van der Waals surface area contributed by atoms with Crippen LogP contribution in [0.1, 0.15) is 21.5 Å². The topological polar surface area (TPSA) is 45.8 Å². The Morgan fingerprint density at radius 2 is 2.05 bits per heavy atom. The summed E-state index contributed by atoms with van der Waals surface area (Å²) in [5.74, 6) is -0.434. The van der Waals surface area contributed by atoms with Gasteiger partial charge in [-0.05, 0) is 29.8 Å². The van der Waals surface area contributed by atoms with Crippen LogP contribution in [0.2, 0.25) is 0 Å². The predicted octanol–water partition coefficient (Wildman–Crippen LogP) is 3.51. The Kier molecular flexibility index (Phi) is 3.25. The molecule has 1 aromatic heterocycles. The first-order valence-corrected chi connectivity index (χ1v) is 6.44. The number of carbonyl (C=O) groups excluding carboxylic acids is 1. The second-order valence-corrected chi connectivity index (χ2v) is 4.81. The summed E-state index contributed by atoms with van der Waals surface area (Å²) < 4.78 is 15.4. The number of aromatic nitrogens is 1. The molecule has 0 N–H and O–H groups in total. The first-order chi connectivity index (χ1) is 10.2. The fourth-order valence-electron chi connectivity index (χ4n) is 2.50. The van der Waals surface area contributed by atoms with Crippen molar-refractivity contribution in [2.24, 2.45) is 0 Å². The molecule has 3 nitrogen and oxygen atoms in total. The van der Waals surface area contributed by atoms with Crippen LogP contribution in [0.5, 0.6) is 0 Å². The molecule has 0 bridgehead atoms. The summed E-state index contributed by atoms with van der Waals surface area (Å²) in [4.78, 5) is 11.1. The van der Waals surface area contributed by atoms with Gasteiger partial charge in [0.25, 0.3) is 0 Å². The number of carbonyl (C=O) groups is 1. The van der Waals surface area contributed by atoms with Gasteiger partial charge in [0.1, 0.15) is 5.82 Å². The van der Waals surface area contributed by atoms with E-state index in [9.17, 15) is 9.18 Å². The molecule has 0 spiro atoms. The average Bonchev–Trinajstić information content (AvgIpc) is 2.85. The Morgan fingerprint density at radius 1 is 1.24 bits per heavy atom. The summed E-state index contributed by atoms with van der Waals surface area (Å²) in [6.07, 6.45) is 2.56. The van der Waals surface area contributed by atoms with Crippen molar-refractivity contribution in [1.82, 2.24) is 4.57 Å². The molecule has 2 aromatic carbocycles. The van der Waals surface area contributed by atoms with Gasteiger partial charge in [-0.15, -0.1) is 0 Å². The number of hydrogen-bond donors (Lipinski definition) is 0. The van der Waals surface area contributed by atoms with Gasteiger partial charge < -0.3 is 4.57 Å². The van der Waals surface area contributed by atoms with Crippen molar-refractivity contribution in [2.45, 2.75) is 6.54 Å². The highest BCUT2D eigenvalue weighted by Crippen LogP contribution is 2.21. The zero-order valence-electron chi connectivity index (χ0n) is 11.1. The summed E-state index contributed by atoms with van der Waals surface area (Å²) in [5.41, 5.74) is 2.48. The Morgan fingerprint density at radius 3 is 2.81 bits per heavy atom. The third-order valence-electron chi connectivity index (χ3n) is 3.39. The Bertz CT molecular complexity index is 874. The largest absolute Gasteiger partial charge is 0.342 e. The highest BCUT2D eigenvalue weighted by atomic mass is 19.1. The van der Waals surface area contributed by atoms with Gasteiger partial charge in [0.05, 0.1) is 11.6 Å². The maximum absolute atomic E-state index is 13.5. The summed E-state index contributed by atoms with van der Waals surface area (Å²) in [6, 6.07) is 13.7. The van der Waals surface area contributed by atoms with E-state index in [0.29, 0.717) is 17.7 Å². The summed E-state index contributed by atoms with van der Waals surface area (Å²) in [5, 5.41) is 9.76. The van der Waals surface area contributed by atoms with Gasteiger partial charge in [0.2, 0.25) is 0 Å². The summed E-state index contributed by atoms with van der Waals surface area (Å²) in [6.45, 7) is 0.404. The zero-order valence-corrected chi connectivity index (χ0v) is 11.1. The molecule has 1 heterocycles. The molecule has 3 aromatic rings. The lowest BCUT2D eigenvalue weighted by molar-refractivity contribution is 0.112. The second-order valence-electron chi connectivity index (χ2n) is 4.81. The molecular formula is C17H11FN2O. The van der Waals surface area contributed by atoms with E-state index in [1.807, 2.05) is 34.9 Å². The van der Waals surface area contributed by atoms with E-state index in [2.05, 4.69) is 0 Å². The molecule has 0 atom stereocenters. The molecule has 0 radical (unpaired) electrons. The predicted molar refractivity (Wildman–Crippen MR) is 77.5 cm³/mol. The minimum atomic E-state index is -0.434. The Hall–Kier alpha value is -2.93. The molecule has 4 heteroatoms. The quantitative estimate of drug-likeness (QED) is 0.688. The van der Waals surface area contributed by atoms with Crippen LogP contribution in [0.15, 0.2) is 48.7 Å². The lowest BCUT2D eigenvalue weighted by atomic mass is 10.1. The molecule has 0 amide bonds. The minimum absolute atomic E-state index is 0.289. The number of rotatable bonds is 3. The van der Waals surface area contributed by atoms with Crippen LogP contribution in [0.3, 0.4) is 0 Å². The van der Waals surface area contributed by atoms with Crippen LogP contribution >= 0.6 is 0 Å². The molecule has 3 rings (SSSR count). The lowest BCUT2D eigenvalue weighted by Crippen LogP contribution is -1.99. The maximum Gasteiger partial charge on any atom is 0.152 e. The van der Waals surface area contributed by atoms with E-state index in [1.54, 1.807) is 12.3 Å². The van der Waals surface area contributed by atoms with Crippen molar-refractivity contribution in [3.05, 3.63) is 71.2 Å². The van der Waals surface area contributed by atoms with Crippen molar-refractivity contribution in [1.29, 1.82) is 5.26 Å². The number of hydrogen-bond acceptors (Lipinski definition) is 2. The van der Waals surface area contributed by atoms with Crippen molar-refractivity contribution >= 4 is 17.2 Å². The molecule has 0 saturated carbocycles. The number of nitrogens with zero attached hydrogens (tertiary/aromatic N) is 2. The van der Waals surface area contributed by atoms with Crippen LogP contribution < -0.4 is 0 Å². The standard InChI is InChI=1S/C17H11FN2O/c18-15-6-12(8-19)5-13(7-15)9-20-10-14(11-21)16-3-1-2-4-17(16)20/h1-7,10-11H,9H2. The molecule has 0 saturated heterocycles. The fraction of sp³-hybridized carbons (Fsp3) is 0.0588. The van der Waals surface area contributed by atoms with Gasteiger partial charge in [0.15, 0.2) is 6.29 Å². The number of fused-ring (bicyclic) bond motifs is 1. The van der Waals surface area contributed by atoms with Crippen LogP contribution in [-0.2, 0) is 6.54 Å². The first kappa shape index (κ1) is 13.1. The zero-order chi connectivity index (χ0) is 14.8. The number of benzene rings is 2. The molecule has 0 fully saturated rings. The van der Waals surface area contributed by atoms with Crippen molar-refractivity contribution in [3.63, 3.8) is 0 Å². The third-order valence-corrected chi connectivity index (χ3v) is 3.39. The normalized spacial score (nSPS) is 10.5. The van der Waals surface area contributed by atoms with E-state index >= 15 is 0 Å². The van der Waals surface area contributed by atoms with Gasteiger partial charge in [-0.2, -0.15) is 5.26 Å². The van der Waals surface area contributed by atoms with Crippen LogP contribution in [0, 0.1) is 17.1 Å². The van der Waals surface area contributed by atoms with Crippen molar-refractivity contribution < 1.29 is 9.18 Å². The highest BCUT2D eigenvalue weighted by Gasteiger charge is 2.08. The van der Waals surface area contributed by atoms with Crippen molar-refractivity contribution in [3.8, 4) is 6.07 Å². The molecule has 102 valence electrons. The van der Waals surface area contributed by atoms with Gasteiger partial charge in [-0.1, -0.05) is 18.2 Å². The van der Waals surface area contributed by atoms with Crippen LogP contribution in [0.25, 0.3) is 10.9 Å². The SMILES string of the molecule is N#Cc1cc(F)cc(Cn2cc(C=O)c3ccccc32)c1. The van der Waals surface area contributed by atoms with E-state index in [-0.39, 0.29) is 5.56 Å². The van der Waals surface area contributed by atoms with Gasteiger partial charge in [0, 0.05) is 29.2 Å². The lowest BCUT2D eigenvalue weighted by Gasteiger charge is -2.06. The monoisotopic (exact) mass is 278 g/mol. The third kappa shape index (κ3) is 2.41.